The molecule has 0 fully saturated rings. The Labute approximate surface area is 454 Å². The zero-order valence-corrected chi connectivity index (χ0v) is 48.1. The van der Waals surface area contributed by atoms with Crippen LogP contribution < -0.4 is 4.90 Å². The van der Waals surface area contributed by atoms with Crippen molar-refractivity contribution in [2.45, 2.75) is 115 Å². The maximum Gasteiger partial charge on any atom is 0.0543 e. The molecule has 0 saturated carbocycles. The highest BCUT2D eigenvalue weighted by molar-refractivity contribution is 6.01. The van der Waals surface area contributed by atoms with Gasteiger partial charge in [-0.05, 0) is 162 Å². The SMILES string of the molecule is C=C/C=C(\C=C)N(c1cc2c(c(C=C)c1C=C)-c1ccc(C)cc1C2(C)C)c1cccc2ccccc12.CC.CC.CC1=CCCC(c2ccccc2C)=C1C.Cc1ccc(/C(=C/c2ccccc2C)C(C)C)cc1. The Balaban J connectivity index is 0.000000228. The molecule has 7 aromatic rings. The van der Waals surface area contributed by atoms with E-state index in [4.69, 9.17) is 0 Å². The third-order valence-corrected chi connectivity index (χ3v) is 14.5. The number of hydrogen-bond donors (Lipinski definition) is 0. The molecule has 0 N–H and O–H groups in total. The van der Waals surface area contributed by atoms with Crippen LogP contribution in [0.4, 0.5) is 11.4 Å². The summed E-state index contributed by atoms with van der Waals surface area (Å²) in [7, 11) is 0. The van der Waals surface area contributed by atoms with Crippen molar-refractivity contribution in [3.05, 3.63) is 268 Å². The Kier molecular flexibility index (Phi) is 21.2. The van der Waals surface area contributed by atoms with Gasteiger partial charge in [-0.2, -0.15) is 0 Å². The molecule has 0 spiro atoms. The fraction of sp³-hybridized carbons (Fsp3) is 0.243. The summed E-state index contributed by atoms with van der Waals surface area (Å²) < 4.78 is 0. The molecule has 1 nitrogen and oxygen atoms in total. The summed E-state index contributed by atoms with van der Waals surface area (Å²) in [5, 5.41) is 2.34. The first-order valence-electron chi connectivity index (χ1n) is 27.2. The molecule has 0 heterocycles. The third-order valence-electron chi connectivity index (χ3n) is 14.5. The molecule has 0 aromatic heterocycles. The molecule has 7 aromatic carbocycles. The molecular weight excluding hydrogens is 903 g/mol. The molecule has 0 unspecified atom stereocenters. The first-order chi connectivity index (χ1) is 36.1. The first kappa shape index (κ1) is 58.4. The Morgan fingerprint density at radius 1 is 0.600 bits per heavy atom. The van der Waals surface area contributed by atoms with Gasteiger partial charge in [-0.1, -0.05) is 256 Å². The van der Waals surface area contributed by atoms with Crippen LogP contribution in [0.5, 0.6) is 0 Å². The van der Waals surface area contributed by atoms with E-state index in [0.717, 1.165) is 33.6 Å². The van der Waals surface area contributed by atoms with Crippen LogP contribution in [0.1, 0.15) is 143 Å². The van der Waals surface area contributed by atoms with Gasteiger partial charge < -0.3 is 4.90 Å². The standard InChI is InChI=1S/C36H33N.C19H22.C15H18.2C2H6/c1-8-15-26(9-2)37(33-19-14-17-25-16-12-13-18-29(25)33)34-23-32-35(28(11-4)27(34)10-3)30-21-20-24(5)22-31(30)36(32,6)7;1-14(2)19(17-11-9-15(3)10-12-17)13-18-8-6-5-7-16(18)4;1-11-8-6-10-15(13(11)3)14-9-5-4-7-12(14)2;2*1-2/h8-23H,1-4H2,5-7H3;5-14H,1-4H3;4-5,7-9H,6,10H2,1-3H3;2*1-2H3/b26-15+;19-13+;;;. The van der Waals surface area contributed by atoms with Crippen LogP contribution >= 0.6 is 0 Å². The lowest BCUT2D eigenvalue weighted by molar-refractivity contribution is 0.659. The third kappa shape index (κ3) is 13.1. The van der Waals surface area contributed by atoms with Gasteiger partial charge >= 0.3 is 0 Å². The average molecular weight is 989 g/mol. The van der Waals surface area contributed by atoms with E-state index < -0.39 is 0 Å². The van der Waals surface area contributed by atoms with Crippen molar-refractivity contribution in [1.29, 1.82) is 0 Å². The van der Waals surface area contributed by atoms with Gasteiger partial charge in [-0.15, -0.1) is 0 Å². The smallest absolute Gasteiger partial charge is 0.0543 e. The van der Waals surface area contributed by atoms with Gasteiger partial charge in [0.2, 0.25) is 0 Å². The molecule has 75 heavy (non-hydrogen) atoms. The molecule has 0 saturated heterocycles. The van der Waals surface area contributed by atoms with E-state index in [9.17, 15) is 0 Å². The van der Waals surface area contributed by atoms with Crippen molar-refractivity contribution in [1.82, 2.24) is 0 Å². The summed E-state index contributed by atoms with van der Waals surface area (Å²) in [6, 6.07) is 50.1. The number of benzene rings is 7. The zero-order chi connectivity index (χ0) is 55.0. The van der Waals surface area contributed by atoms with Crippen LogP contribution in [-0.4, -0.2) is 0 Å². The monoisotopic (exact) mass is 988 g/mol. The average Bonchev–Trinajstić information content (AvgIpc) is 3.64. The van der Waals surface area contributed by atoms with E-state index in [2.05, 4.69) is 252 Å². The number of aryl methyl sites for hydroxylation is 4. The second kappa shape index (κ2) is 27.2. The highest BCUT2D eigenvalue weighted by Crippen LogP contribution is 2.54. The van der Waals surface area contributed by atoms with E-state index in [1.807, 2.05) is 58.1 Å². The van der Waals surface area contributed by atoms with Crippen LogP contribution in [0.15, 0.2) is 207 Å². The van der Waals surface area contributed by atoms with E-state index >= 15 is 0 Å². The lowest BCUT2D eigenvalue weighted by Crippen LogP contribution is -2.20. The van der Waals surface area contributed by atoms with Crippen LogP contribution in [0, 0.1) is 33.6 Å². The summed E-state index contributed by atoms with van der Waals surface area (Å²) in [6.45, 7) is 46.9. The van der Waals surface area contributed by atoms with Crippen LogP contribution in [0.3, 0.4) is 0 Å². The predicted molar refractivity (Wildman–Crippen MR) is 338 cm³/mol. The van der Waals surface area contributed by atoms with Gasteiger partial charge in [-0.3, -0.25) is 0 Å². The van der Waals surface area contributed by atoms with Crippen LogP contribution in [-0.2, 0) is 5.41 Å². The second-order valence-corrected chi connectivity index (χ2v) is 19.9. The second-order valence-electron chi connectivity index (χ2n) is 19.9. The van der Waals surface area contributed by atoms with Crippen molar-refractivity contribution >= 4 is 51.5 Å². The fourth-order valence-corrected chi connectivity index (χ4v) is 10.3. The van der Waals surface area contributed by atoms with E-state index in [1.54, 1.807) is 0 Å². The Morgan fingerprint density at radius 2 is 1.21 bits per heavy atom. The summed E-state index contributed by atoms with van der Waals surface area (Å²) in [4.78, 5) is 2.28. The number of anilines is 2. The van der Waals surface area contributed by atoms with E-state index in [1.165, 1.54) is 102 Å². The van der Waals surface area contributed by atoms with Crippen molar-refractivity contribution in [2.75, 3.05) is 4.90 Å². The number of allylic oxidation sites excluding steroid dienone is 8. The van der Waals surface area contributed by atoms with Gasteiger partial charge in [0.05, 0.1) is 11.4 Å². The molecule has 9 rings (SSSR count). The van der Waals surface area contributed by atoms with Gasteiger partial charge in [0.1, 0.15) is 0 Å². The molecular formula is C74H85N. The van der Waals surface area contributed by atoms with Gasteiger partial charge in [0.25, 0.3) is 0 Å². The molecule has 386 valence electrons. The highest BCUT2D eigenvalue weighted by atomic mass is 15.2. The normalized spacial score (nSPS) is 13.2. The largest absolute Gasteiger partial charge is 0.309 e. The van der Waals surface area contributed by atoms with E-state index in [-0.39, 0.29) is 5.41 Å². The number of fused-ring (bicyclic) bond motifs is 4. The van der Waals surface area contributed by atoms with Gasteiger partial charge in [0.15, 0.2) is 0 Å². The number of nitrogens with zero attached hydrogens (tertiary/aromatic N) is 1. The van der Waals surface area contributed by atoms with Crippen LogP contribution in [0.25, 0.3) is 51.3 Å². The Hall–Kier alpha value is -7.48. The molecule has 0 atom stereocenters. The summed E-state index contributed by atoms with van der Waals surface area (Å²) in [5.41, 5.74) is 25.4. The topological polar surface area (TPSA) is 3.24 Å². The van der Waals surface area contributed by atoms with Crippen molar-refractivity contribution in [3.8, 4) is 11.1 Å². The molecule has 1 heteroatoms. The van der Waals surface area contributed by atoms with Crippen molar-refractivity contribution in [3.63, 3.8) is 0 Å². The molecule has 0 bridgehead atoms. The first-order valence-corrected chi connectivity index (χ1v) is 27.2. The van der Waals surface area contributed by atoms with Crippen molar-refractivity contribution < 1.29 is 0 Å². The minimum absolute atomic E-state index is 0.163. The van der Waals surface area contributed by atoms with Crippen LogP contribution in [0.2, 0.25) is 0 Å². The minimum atomic E-state index is -0.163. The fourth-order valence-electron chi connectivity index (χ4n) is 10.3. The van der Waals surface area contributed by atoms with Gasteiger partial charge in [-0.25, -0.2) is 0 Å². The minimum Gasteiger partial charge on any atom is -0.309 e. The molecule has 0 radical (unpaired) electrons. The summed E-state index contributed by atoms with van der Waals surface area (Å²) in [6.07, 6.45) is 16.7. The maximum absolute atomic E-state index is 4.26. The number of hydrogen-bond acceptors (Lipinski definition) is 1. The lowest BCUT2D eigenvalue weighted by atomic mass is 9.80. The Morgan fingerprint density at radius 3 is 1.84 bits per heavy atom. The number of rotatable bonds is 11. The molecule has 2 aliphatic rings. The lowest BCUT2D eigenvalue weighted by Gasteiger charge is -2.32. The predicted octanol–water partition coefficient (Wildman–Crippen LogP) is 22.2. The highest BCUT2D eigenvalue weighted by Gasteiger charge is 2.38. The zero-order valence-electron chi connectivity index (χ0n) is 48.1. The quantitative estimate of drug-likeness (QED) is 0.0922. The molecule has 0 aliphatic heterocycles. The Bertz CT molecular complexity index is 3260. The van der Waals surface area contributed by atoms with Crippen molar-refractivity contribution in [2.24, 2.45) is 5.92 Å². The van der Waals surface area contributed by atoms with E-state index in [0.29, 0.717) is 5.92 Å². The summed E-state index contributed by atoms with van der Waals surface area (Å²) >= 11 is 0. The molecule has 2 aliphatic carbocycles. The molecule has 0 amide bonds. The summed E-state index contributed by atoms with van der Waals surface area (Å²) in [5.74, 6) is 0.516. The maximum atomic E-state index is 4.26. The van der Waals surface area contributed by atoms with Gasteiger partial charge in [0, 0.05) is 22.1 Å².